The first-order valence-electron chi connectivity index (χ1n) is 9.63. The molecule has 0 unspecified atom stereocenters. The fourth-order valence-electron chi connectivity index (χ4n) is 2.89. The summed E-state index contributed by atoms with van der Waals surface area (Å²) in [6, 6.07) is 16.9. The lowest BCUT2D eigenvalue weighted by atomic mass is 10.0. The fourth-order valence-corrected chi connectivity index (χ4v) is 5.28. The van der Waals surface area contributed by atoms with Crippen molar-refractivity contribution in [3.63, 3.8) is 0 Å². The van der Waals surface area contributed by atoms with E-state index >= 15 is 0 Å². The molecule has 0 aliphatic heterocycles. The van der Waals surface area contributed by atoms with Crippen molar-refractivity contribution >= 4 is 90.4 Å². The van der Waals surface area contributed by atoms with E-state index in [1.54, 1.807) is 30.3 Å². The highest BCUT2D eigenvalue weighted by molar-refractivity contribution is 14.1. The third kappa shape index (κ3) is 7.72. The number of amides is 2. The molecule has 0 heterocycles. The highest BCUT2D eigenvalue weighted by Gasteiger charge is 2.23. The Kier molecular flexibility index (Phi) is 9.65. The van der Waals surface area contributed by atoms with Crippen molar-refractivity contribution in [2.45, 2.75) is 19.1 Å². The molecule has 3 N–H and O–H groups in total. The van der Waals surface area contributed by atoms with Gasteiger partial charge in [0.1, 0.15) is 18.4 Å². The minimum Gasteiger partial charge on any atom is -0.506 e. The Labute approximate surface area is 231 Å². The van der Waals surface area contributed by atoms with Crippen molar-refractivity contribution in [2.75, 3.05) is 5.32 Å². The van der Waals surface area contributed by atoms with Gasteiger partial charge in [-0.3, -0.25) is 4.79 Å². The van der Waals surface area contributed by atoms with Gasteiger partial charge in [-0.2, -0.15) is 0 Å². The summed E-state index contributed by atoms with van der Waals surface area (Å²) in [7, 11) is 0. The number of anilines is 1. The lowest BCUT2D eigenvalue weighted by molar-refractivity contribution is -0.118. The van der Waals surface area contributed by atoms with Crippen LogP contribution >= 0.6 is 72.7 Å². The second kappa shape index (κ2) is 12.2. The van der Waals surface area contributed by atoms with Crippen LogP contribution in [0.4, 0.5) is 10.5 Å². The number of phenolic OH excluding ortho intramolecular Hbond substituents is 1. The number of aromatic hydroxyl groups is 1. The van der Waals surface area contributed by atoms with Crippen LogP contribution in [0.1, 0.15) is 11.1 Å². The lowest BCUT2D eigenvalue weighted by Gasteiger charge is -2.19. The van der Waals surface area contributed by atoms with E-state index in [4.69, 9.17) is 16.3 Å². The van der Waals surface area contributed by atoms with E-state index in [-0.39, 0.29) is 18.8 Å². The summed E-state index contributed by atoms with van der Waals surface area (Å²) in [5, 5.41) is 16.0. The summed E-state index contributed by atoms with van der Waals surface area (Å²) in [5.41, 5.74) is 2.14. The van der Waals surface area contributed by atoms with Gasteiger partial charge < -0.3 is 20.5 Å². The van der Waals surface area contributed by atoms with Gasteiger partial charge in [0.25, 0.3) is 0 Å². The van der Waals surface area contributed by atoms with Gasteiger partial charge in [0.15, 0.2) is 0 Å². The number of alkyl carbamates (subject to hydrolysis) is 1. The zero-order valence-corrected chi connectivity index (χ0v) is 23.6. The van der Waals surface area contributed by atoms with Crippen molar-refractivity contribution in [2.24, 2.45) is 0 Å². The Hall–Kier alpha value is -1.57. The molecule has 0 saturated carbocycles. The van der Waals surface area contributed by atoms with Crippen LogP contribution in [-0.2, 0) is 22.6 Å². The molecule has 0 bridgehead atoms. The van der Waals surface area contributed by atoms with E-state index in [0.29, 0.717) is 22.3 Å². The molecular weight excluding hydrogens is 737 g/mol. The van der Waals surface area contributed by atoms with Crippen molar-refractivity contribution in [1.82, 2.24) is 5.32 Å². The zero-order valence-electron chi connectivity index (χ0n) is 16.9. The van der Waals surface area contributed by atoms with E-state index in [2.05, 4.69) is 26.6 Å². The molecule has 33 heavy (non-hydrogen) atoms. The summed E-state index contributed by atoms with van der Waals surface area (Å²) < 4.78 is 7.24. The van der Waals surface area contributed by atoms with Crippen molar-refractivity contribution < 1.29 is 19.4 Å². The fraction of sp³-hybridized carbons (Fsp3) is 0.130. The first-order valence-corrected chi connectivity index (χ1v) is 13.0. The van der Waals surface area contributed by atoms with Crippen LogP contribution in [-0.4, -0.2) is 23.1 Å². The summed E-state index contributed by atoms with van der Waals surface area (Å²) in [4.78, 5) is 25.6. The van der Waals surface area contributed by atoms with Crippen LogP contribution in [0.25, 0.3) is 0 Å². The molecule has 0 radical (unpaired) electrons. The molecular formula is C23H18BrClI2N2O4. The van der Waals surface area contributed by atoms with Gasteiger partial charge in [0.2, 0.25) is 5.91 Å². The zero-order chi connectivity index (χ0) is 24.0. The monoisotopic (exact) mass is 754 g/mol. The molecule has 3 aromatic rings. The number of phenols is 1. The summed E-state index contributed by atoms with van der Waals surface area (Å²) in [6.07, 6.45) is -0.507. The maximum absolute atomic E-state index is 13.1. The maximum atomic E-state index is 13.1. The van der Waals surface area contributed by atoms with Gasteiger partial charge in [-0.1, -0.05) is 41.9 Å². The molecule has 2 amide bonds. The van der Waals surface area contributed by atoms with Gasteiger partial charge in [0.05, 0.1) is 12.2 Å². The van der Waals surface area contributed by atoms with Crippen LogP contribution in [0.15, 0.2) is 65.1 Å². The summed E-state index contributed by atoms with van der Waals surface area (Å²) in [5.74, 6) is -0.235. The van der Waals surface area contributed by atoms with Crippen LogP contribution in [0.3, 0.4) is 0 Å². The topological polar surface area (TPSA) is 87.7 Å². The number of rotatable bonds is 7. The van der Waals surface area contributed by atoms with E-state index in [1.807, 2.05) is 75.5 Å². The molecule has 1 atom stereocenters. The predicted octanol–water partition coefficient (Wildman–Crippen LogP) is 6.49. The minimum absolute atomic E-state index is 0.0835. The average molecular weight is 756 g/mol. The third-order valence-corrected chi connectivity index (χ3v) is 7.38. The molecule has 10 heteroatoms. The number of carbonyl (C=O) groups is 2. The molecule has 0 spiro atoms. The SMILES string of the molecule is O=C(N[C@@H](Cc1cc(I)c(O)c(I)c1)C(=O)Nc1ccc(Cl)c(Br)c1)OCc1ccccc1. The number of benzene rings is 3. The number of ether oxygens (including phenoxy) is 1. The van der Waals surface area contributed by atoms with Crippen LogP contribution in [0.2, 0.25) is 5.02 Å². The van der Waals surface area contributed by atoms with Crippen LogP contribution < -0.4 is 10.6 Å². The minimum atomic E-state index is -0.918. The quantitative estimate of drug-likeness (QED) is 0.241. The van der Waals surface area contributed by atoms with E-state index < -0.39 is 18.0 Å². The maximum Gasteiger partial charge on any atom is 0.408 e. The molecule has 3 aromatic carbocycles. The highest BCUT2D eigenvalue weighted by atomic mass is 127. The van der Waals surface area contributed by atoms with E-state index in [1.165, 1.54) is 0 Å². The van der Waals surface area contributed by atoms with Crippen molar-refractivity contribution in [3.05, 3.63) is 88.4 Å². The second-order valence-electron chi connectivity index (χ2n) is 6.99. The van der Waals surface area contributed by atoms with E-state index in [0.717, 1.165) is 11.1 Å². The molecule has 172 valence electrons. The first kappa shape index (κ1) is 26.0. The number of hydrogen-bond donors (Lipinski definition) is 3. The van der Waals surface area contributed by atoms with Gasteiger partial charge >= 0.3 is 6.09 Å². The summed E-state index contributed by atoms with van der Waals surface area (Å²) >= 11 is 13.4. The average Bonchev–Trinajstić information content (AvgIpc) is 2.78. The largest absolute Gasteiger partial charge is 0.506 e. The number of halogens is 4. The van der Waals surface area contributed by atoms with Crippen LogP contribution in [0, 0.1) is 7.14 Å². The summed E-state index contributed by atoms with van der Waals surface area (Å²) in [6.45, 7) is 0.0835. The Morgan fingerprint density at radius 3 is 2.33 bits per heavy atom. The molecule has 0 saturated heterocycles. The number of nitrogens with one attached hydrogen (secondary N) is 2. The first-order chi connectivity index (χ1) is 15.7. The molecule has 0 aliphatic rings. The second-order valence-corrected chi connectivity index (χ2v) is 10.6. The van der Waals surface area contributed by atoms with Crippen LogP contribution in [0.5, 0.6) is 5.75 Å². The number of hydrogen-bond acceptors (Lipinski definition) is 4. The molecule has 0 aromatic heterocycles. The Morgan fingerprint density at radius 1 is 1.03 bits per heavy atom. The van der Waals surface area contributed by atoms with Gasteiger partial charge in [-0.05, 0) is 103 Å². The normalized spacial score (nSPS) is 11.5. The lowest BCUT2D eigenvalue weighted by Crippen LogP contribution is -2.45. The highest BCUT2D eigenvalue weighted by Crippen LogP contribution is 2.28. The smallest absolute Gasteiger partial charge is 0.408 e. The Balaban J connectivity index is 1.76. The van der Waals surface area contributed by atoms with E-state index in [9.17, 15) is 14.7 Å². The Bertz CT molecular complexity index is 1140. The molecule has 0 aliphatic carbocycles. The van der Waals surface area contributed by atoms with Crippen molar-refractivity contribution in [1.29, 1.82) is 0 Å². The predicted molar refractivity (Wildman–Crippen MR) is 149 cm³/mol. The molecule has 3 rings (SSSR count). The Morgan fingerprint density at radius 2 is 1.70 bits per heavy atom. The van der Waals surface area contributed by atoms with Gasteiger partial charge in [0, 0.05) is 16.6 Å². The third-order valence-electron chi connectivity index (χ3n) is 4.52. The van der Waals surface area contributed by atoms with Gasteiger partial charge in [-0.15, -0.1) is 0 Å². The number of carbonyl (C=O) groups excluding carboxylic acids is 2. The molecule has 0 fully saturated rings. The molecule has 6 nitrogen and oxygen atoms in total. The standard InChI is InChI=1S/C23H18BrClI2N2O4/c24-16-11-15(6-7-17(16)25)28-22(31)20(10-14-8-18(26)21(30)19(27)9-14)29-23(32)33-12-13-4-2-1-3-5-13/h1-9,11,20,30H,10,12H2,(H,28,31)(H,29,32)/t20-/m0/s1. The van der Waals surface area contributed by atoms with Crippen molar-refractivity contribution in [3.8, 4) is 5.75 Å². The van der Waals surface area contributed by atoms with Gasteiger partial charge in [-0.25, -0.2) is 4.79 Å².